The van der Waals surface area contributed by atoms with Crippen molar-refractivity contribution < 1.29 is 13.2 Å². The molecule has 0 bridgehead atoms. The summed E-state index contributed by atoms with van der Waals surface area (Å²) >= 11 is 3.30. The Morgan fingerprint density at radius 3 is 2.13 bits per heavy atom. The maximum Gasteiger partial charge on any atom is 0.395 e. The second-order valence-corrected chi connectivity index (χ2v) is 4.58. The molecule has 0 aromatic heterocycles. The Morgan fingerprint density at radius 1 is 1.13 bits per heavy atom. The van der Waals surface area contributed by atoms with Crippen molar-refractivity contribution in [1.82, 2.24) is 0 Å². The highest BCUT2D eigenvalue weighted by Crippen LogP contribution is 2.37. The summed E-state index contributed by atoms with van der Waals surface area (Å²) in [7, 11) is 0. The molecule has 1 aromatic carbocycles. The maximum atomic E-state index is 12.5. The Balaban J connectivity index is 3.21. The first-order valence-electron chi connectivity index (χ1n) is 4.57. The van der Waals surface area contributed by atoms with Gasteiger partial charge in [0, 0.05) is 4.47 Å². The van der Waals surface area contributed by atoms with Gasteiger partial charge in [-0.25, -0.2) is 0 Å². The summed E-state index contributed by atoms with van der Waals surface area (Å²) in [6.07, 6.45) is -4.18. The summed E-state index contributed by atoms with van der Waals surface area (Å²) < 4.78 is 38.5. The fraction of sp³-hybridized carbons (Fsp3) is 0.455. The van der Waals surface area contributed by atoms with E-state index in [0.717, 1.165) is 10.0 Å². The first-order valence-corrected chi connectivity index (χ1v) is 5.36. The molecule has 0 spiro atoms. The second-order valence-electron chi connectivity index (χ2n) is 3.72. The predicted molar refractivity (Wildman–Crippen MR) is 58.1 cm³/mol. The van der Waals surface area contributed by atoms with Crippen molar-refractivity contribution >= 4 is 15.9 Å². The number of hydrogen-bond acceptors (Lipinski definition) is 0. The lowest BCUT2D eigenvalue weighted by Gasteiger charge is -2.19. The molecule has 1 unspecified atom stereocenters. The standard InChI is InChI=1S/C11H12BrF3/c1-6-5-10(12)7(2)4-9(6)8(3)11(13,14)15/h4-5,8H,1-3H3. The molecule has 0 aliphatic heterocycles. The molecule has 1 rings (SSSR count). The molecule has 0 nitrogen and oxygen atoms in total. The highest BCUT2D eigenvalue weighted by atomic mass is 79.9. The van der Waals surface area contributed by atoms with Crippen molar-refractivity contribution in [2.45, 2.75) is 32.9 Å². The molecule has 4 heteroatoms. The topological polar surface area (TPSA) is 0 Å². The summed E-state index contributed by atoms with van der Waals surface area (Å²) in [6, 6.07) is 3.32. The van der Waals surface area contributed by atoms with Crippen molar-refractivity contribution in [3.05, 3.63) is 33.3 Å². The van der Waals surface area contributed by atoms with Crippen LogP contribution in [0.2, 0.25) is 0 Å². The van der Waals surface area contributed by atoms with E-state index in [2.05, 4.69) is 15.9 Å². The predicted octanol–water partition coefficient (Wildman–Crippen LogP) is 4.73. The van der Waals surface area contributed by atoms with Crippen molar-refractivity contribution in [1.29, 1.82) is 0 Å². The van der Waals surface area contributed by atoms with Gasteiger partial charge in [-0.2, -0.15) is 13.2 Å². The van der Waals surface area contributed by atoms with Crippen LogP contribution in [0.5, 0.6) is 0 Å². The third-order valence-electron chi connectivity index (χ3n) is 2.50. The third kappa shape index (κ3) is 2.74. The maximum absolute atomic E-state index is 12.5. The lowest BCUT2D eigenvalue weighted by molar-refractivity contribution is -0.146. The number of benzene rings is 1. The first-order chi connectivity index (χ1) is 6.73. The zero-order valence-electron chi connectivity index (χ0n) is 8.74. The van der Waals surface area contributed by atoms with Crippen molar-refractivity contribution in [3.8, 4) is 0 Å². The molecule has 15 heavy (non-hydrogen) atoms. The van der Waals surface area contributed by atoms with E-state index >= 15 is 0 Å². The van der Waals surface area contributed by atoms with Crippen LogP contribution >= 0.6 is 15.9 Å². The Kier molecular flexibility index (Phi) is 3.48. The average molecular weight is 281 g/mol. The number of aryl methyl sites for hydroxylation is 2. The second kappa shape index (κ2) is 4.16. The molecule has 1 aromatic rings. The van der Waals surface area contributed by atoms with Gasteiger partial charge in [0.15, 0.2) is 0 Å². The minimum Gasteiger partial charge on any atom is -0.170 e. The smallest absolute Gasteiger partial charge is 0.170 e. The molecule has 0 aliphatic carbocycles. The van der Waals surface area contributed by atoms with Crippen molar-refractivity contribution in [3.63, 3.8) is 0 Å². The normalized spacial score (nSPS) is 14.1. The van der Waals surface area contributed by atoms with E-state index in [1.807, 2.05) is 0 Å². The third-order valence-corrected chi connectivity index (χ3v) is 3.36. The minimum absolute atomic E-state index is 0.350. The molecule has 84 valence electrons. The quantitative estimate of drug-likeness (QED) is 0.698. The van der Waals surface area contributed by atoms with Gasteiger partial charge in [-0.3, -0.25) is 0 Å². The minimum atomic E-state index is -4.18. The summed E-state index contributed by atoms with van der Waals surface area (Å²) in [5.74, 6) is -1.41. The highest BCUT2D eigenvalue weighted by Gasteiger charge is 2.37. The summed E-state index contributed by atoms with van der Waals surface area (Å²) in [5, 5.41) is 0. The number of rotatable bonds is 1. The first kappa shape index (κ1) is 12.6. The van der Waals surface area contributed by atoms with Crippen molar-refractivity contribution in [2.75, 3.05) is 0 Å². The van der Waals surface area contributed by atoms with Crippen LogP contribution in [-0.2, 0) is 0 Å². The van der Waals surface area contributed by atoms with Gasteiger partial charge in [0.1, 0.15) is 0 Å². The summed E-state index contributed by atoms with van der Waals surface area (Å²) in [4.78, 5) is 0. The van der Waals surface area contributed by atoms with Crippen LogP contribution in [0.3, 0.4) is 0 Å². The largest absolute Gasteiger partial charge is 0.395 e. The molecule has 0 heterocycles. The molecule has 0 amide bonds. The molecule has 0 aliphatic rings. The Labute approximate surface area is 95.6 Å². The van der Waals surface area contributed by atoms with Gasteiger partial charge < -0.3 is 0 Å². The molecular weight excluding hydrogens is 269 g/mol. The van der Waals surface area contributed by atoms with Crippen molar-refractivity contribution in [2.24, 2.45) is 0 Å². The van der Waals surface area contributed by atoms with Crippen LogP contribution in [0.15, 0.2) is 16.6 Å². The molecule has 0 radical (unpaired) electrons. The van der Waals surface area contributed by atoms with Crippen LogP contribution in [0.25, 0.3) is 0 Å². The van der Waals surface area contributed by atoms with Gasteiger partial charge in [-0.1, -0.05) is 22.0 Å². The van der Waals surface area contributed by atoms with Gasteiger partial charge in [0.25, 0.3) is 0 Å². The lowest BCUT2D eigenvalue weighted by atomic mass is 9.94. The van der Waals surface area contributed by atoms with E-state index in [0.29, 0.717) is 11.1 Å². The van der Waals surface area contributed by atoms with Crippen LogP contribution in [0, 0.1) is 13.8 Å². The zero-order chi connectivity index (χ0) is 11.8. The van der Waals surface area contributed by atoms with Crippen LogP contribution in [0.4, 0.5) is 13.2 Å². The van der Waals surface area contributed by atoms with E-state index in [4.69, 9.17) is 0 Å². The van der Waals surface area contributed by atoms with Gasteiger partial charge in [-0.05, 0) is 43.5 Å². The monoisotopic (exact) mass is 280 g/mol. The van der Waals surface area contributed by atoms with E-state index < -0.39 is 12.1 Å². The van der Waals surface area contributed by atoms with Crippen LogP contribution < -0.4 is 0 Å². The van der Waals surface area contributed by atoms with Gasteiger partial charge in [0.2, 0.25) is 0 Å². The number of hydrogen-bond donors (Lipinski definition) is 0. The van der Waals surface area contributed by atoms with E-state index in [9.17, 15) is 13.2 Å². The lowest BCUT2D eigenvalue weighted by Crippen LogP contribution is -2.18. The molecule has 1 atom stereocenters. The average Bonchev–Trinajstić information content (AvgIpc) is 2.08. The SMILES string of the molecule is Cc1cc(C(C)C(F)(F)F)c(C)cc1Br. The fourth-order valence-electron chi connectivity index (χ4n) is 1.45. The zero-order valence-corrected chi connectivity index (χ0v) is 10.3. The van der Waals surface area contributed by atoms with Gasteiger partial charge >= 0.3 is 6.18 Å². The van der Waals surface area contributed by atoms with Crippen LogP contribution in [0.1, 0.15) is 29.5 Å². The van der Waals surface area contributed by atoms with E-state index in [1.165, 1.54) is 6.92 Å². The van der Waals surface area contributed by atoms with E-state index in [1.54, 1.807) is 26.0 Å². The van der Waals surface area contributed by atoms with Gasteiger partial charge in [0.05, 0.1) is 5.92 Å². The molecule has 0 N–H and O–H groups in total. The Hall–Kier alpha value is -0.510. The van der Waals surface area contributed by atoms with E-state index in [-0.39, 0.29) is 0 Å². The molecule has 0 fully saturated rings. The van der Waals surface area contributed by atoms with Crippen LogP contribution in [-0.4, -0.2) is 6.18 Å². The number of alkyl halides is 3. The molecular formula is C11H12BrF3. The van der Waals surface area contributed by atoms with Gasteiger partial charge in [-0.15, -0.1) is 0 Å². The molecule has 0 saturated carbocycles. The summed E-state index contributed by atoms with van der Waals surface area (Å²) in [5.41, 5.74) is 1.84. The Bertz CT molecular complexity index is 369. The highest BCUT2D eigenvalue weighted by molar-refractivity contribution is 9.10. The fourth-order valence-corrected chi connectivity index (χ4v) is 1.90. The Morgan fingerprint density at radius 2 is 1.67 bits per heavy atom. The number of halogens is 4. The molecule has 0 saturated heterocycles. The summed E-state index contributed by atoms with van der Waals surface area (Å²) in [6.45, 7) is 4.67.